The number of benzene rings is 1. The van der Waals surface area contributed by atoms with Crippen molar-refractivity contribution in [3.05, 3.63) is 46.7 Å². The Balaban J connectivity index is 1.89. The van der Waals surface area contributed by atoms with Gasteiger partial charge in [0.2, 0.25) is 0 Å². The van der Waals surface area contributed by atoms with Crippen molar-refractivity contribution in [2.45, 2.75) is 19.9 Å². The smallest absolute Gasteiger partial charge is 0.340 e. The van der Waals surface area contributed by atoms with Gasteiger partial charge in [-0.3, -0.25) is 4.68 Å². The lowest BCUT2D eigenvalue weighted by Crippen LogP contribution is -2.06. The van der Waals surface area contributed by atoms with E-state index in [1.165, 1.54) is 4.68 Å². The number of aromatic carboxylic acids is 1. The van der Waals surface area contributed by atoms with Crippen molar-refractivity contribution >= 4 is 17.6 Å². The van der Waals surface area contributed by atoms with Crippen molar-refractivity contribution in [2.24, 2.45) is 0 Å². The van der Waals surface area contributed by atoms with E-state index < -0.39 is 5.97 Å². The lowest BCUT2D eigenvalue weighted by atomic mass is 10.3. The molecule has 1 heterocycles. The lowest BCUT2D eigenvalue weighted by Gasteiger charge is -2.06. The molecule has 0 unspecified atom stereocenters. The fraction of sp³-hybridized carbons (Fsp3) is 0.286. The normalized spacial score (nSPS) is 10.5. The Bertz CT molecular complexity index is 596. The van der Waals surface area contributed by atoms with Gasteiger partial charge in [0.05, 0.1) is 12.3 Å². The van der Waals surface area contributed by atoms with Crippen LogP contribution in [0.3, 0.4) is 0 Å². The number of carbonyl (C=O) groups is 1. The zero-order valence-electron chi connectivity index (χ0n) is 11.0. The highest BCUT2D eigenvalue weighted by atomic mass is 35.5. The van der Waals surface area contributed by atoms with Crippen molar-refractivity contribution in [3.8, 4) is 5.75 Å². The highest BCUT2D eigenvalue weighted by Gasteiger charge is 2.18. The van der Waals surface area contributed by atoms with Crippen LogP contribution in [0.15, 0.2) is 30.3 Å². The van der Waals surface area contributed by atoms with E-state index in [9.17, 15) is 4.79 Å². The van der Waals surface area contributed by atoms with Gasteiger partial charge in [-0.15, -0.1) is 0 Å². The molecule has 6 heteroatoms. The number of nitrogens with zero attached hydrogens (tertiary/aromatic N) is 2. The Hall–Kier alpha value is -2.01. The maximum absolute atomic E-state index is 11.0. The topological polar surface area (TPSA) is 64.4 Å². The number of carboxylic acid groups (broad SMARTS) is 1. The fourth-order valence-electron chi connectivity index (χ4n) is 1.87. The summed E-state index contributed by atoms with van der Waals surface area (Å²) in [5.41, 5.74) is 0.488. The molecular formula is C14H15ClN2O3. The molecule has 2 rings (SSSR count). The maximum atomic E-state index is 11.0. The molecule has 0 bridgehead atoms. The Morgan fingerprint density at radius 1 is 1.40 bits per heavy atom. The van der Waals surface area contributed by atoms with E-state index in [0.717, 1.165) is 5.75 Å². The number of hydrogen-bond acceptors (Lipinski definition) is 3. The molecule has 1 aromatic heterocycles. The van der Waals surface area contributed by atoms with E-state index in [-0.39, 0.29) is 10.7 Å². The van der Waals surface area contributed by atoms with Crippen molar-refractivity contribution in [2.75, 3.05) is 6.61 Å². The van der Waals surface area contributed by atoms with Crippen LogP contribution in [0.2, 0.25) is 5.15 Å². The summed E-state index contributed by atoms with van der Waals surface area (Å²) in [6.07, 6.45) is 0.689. The second-order valence-corrected chi connectivity index (χ2v) is 4.65. The number of carboxylic acids is 1. The second-order valence-electron chi connectivity index (χ2n) is 4.29. The Labute approximate surface area is 121 Å². The number of halogens is 1. The van der Waals surface area contributed by atoms with Crippen LogP contribution >= 0.6 is 11.6 Å². The van der Waals surface area contributed by atoms with Gasteiger partial charge in [0.25, 0.3) is 0 Å². The van der Waals surface area contributed by atoms with Crippen molar-refractivity contribution < 1.29 is 14.6 Å². The number of hydrogen-bond donors (Lipinski definition) is 1. The molecule has 1 aromatic carbocycles. The summed E-state index contributed by atoms with van der Waals surface area (Å²) in [4.78, 5) is 11.0. The van der Waals surface area contributed by atoms with Crippen molar-refractivity contribution in [1.29, 1.82) is 0 Å². The van der Waals surface area contributed by atoms with Gasteiger partial charge in [-0.2, -0.15) is 5.10 Å². The SMILES string of the molecule is Cc1nn(CCCOc2ccccc2)c(Cl)c1C(=O)O. The molecule has 106 valence electrons. The van der Waals surface area contributed by atoms with Gasteiger partial charge in [-0.1, -0.05) is 29.8 Å². The third-order valence-corrected chi connectivity index (χ3v) is 3.19. The van der Waals surface area contributed by atoms with Crippen LogP contribution in [0, 0.1) is 6.92 Å². The van der Waals surface area contributed by atoms with Gasteiger partial charge < -0.3 is 9.84 Å². The predicted octanol–water partition coefficient (Wildman–Crippen LogP) is 3.01. The molecule has 0 spiro atoms. The van der Waals surface area contributed by atoms with E-state index in [0.29, 0.717) is 25.3 Å². The summed E-state index contributed by atoms with van der Waals surface area (Å²) in [7, 11) is 0. The lowest BCUT2D eigenvalue weighted by molar-refractivity contribution is 0.0696. The van der Waals surface area contributed by atoms with Crippen molar-refractivity contribution in [1.82, 2.24) is 9.78 Å². The molecule has 20 heavy (non-hydrogen) atoms. The third kappa shape index (κ3) is 3.30. The molecule has 1 N–H and O–H groups in total. The van der Waals surface area contributed by atoms with E-state index in [4.69, 9.17) is 21.4 Å². The minimum Gasteiger partial charge on any atom is -0.494 e. The first-order valence-corrected chi connectivity index (χ1v) is 6.61. The Morgan fingerprint density at radius 3 is 2.70 bits per heavy atom. The molecule has 2 aromatic rings. The molecule has 0 aliphatic heterocycles. The van der Waals surface area contributed by atoms with Crippen LogP contribution in [-0.4, -0.2) is 27.5 Å². The van der Waals surface area contributed by atoms with Crippen molar-refractivity contribution in [3.63, 3.8) is 0 Å². The molecule has 0 fully saturated rings. The standard InChI is InChI=1S/C14H15ClN2O3/c1-10-12(14(18)19)13(15)17(16-10)8-5-9-20-11-6-3-2-4-7-11/h2-4,6-7H,5,8-9H2,1H3,(H,18,19). The molecule has 0 saturated heterocycles. The minimum absolute atomic E-state index is 0.0654. The quantitative estimate of drug-likeness (QED) is 0.832. The van der Waals surface area contributed by atoms with Crippen LogP contribution in [0.4, 0.5) is 0 Å². The largest absolute Gasteiger partial charge is 0.494 e. The molecule has 0 saturated carbocycles. The van der Waals surface area contributed by atoms with E-state index in [1.807, 2.05) is 30.3 Å². The van der Waals surface area contributed by atoms with Crippen LogP contribution in [0.25, 0.3) is 0 Å². The number of para-hydroxylation sites is 1. The van der Waals surface area contributed by atoms with Gasteiger partial charge in [0, 0.05) is 13.0 Å². The number of aryl methyl sites for hydroxylation is 2. The molecule has 0 atom stereocenters. The van der Waals surface area contributed by atoms with Gasteiger partial charge in [0.15, 0.2) is 0 Å². The summed E-state index contributed by atoms with van der Waals surface area (Å²) < 4.78 is 7.05. The van der Waals surface area contributed by atoms with Crippen LogP contribution in [0.1, 0.15) is 22.5 Å². The van der Waals surface area contributed by atoms with Gasteiger partial charge in [0.1, 0.15) is 16.5 Å². The van der Waals surface area contributed by atoms with Crippen LogP contribution in [-0.2, 0) is 6.54 Å². The summed E-state index contributed by atoms with van der Waals surface area (Å²) in [6.45, 7) is 2.66. The molecule has 5 nitrogen and oxygen atoms in total. The number of aromatic nitrogens is 2. The first kappa shape index (κ1) is 14.4. The summed E-state index contributed by atoms with van der Waals surface area (Å²) in [5.74, 6) is -0.249. The van der Waals surface area contributed by atoms with E-state index in [1.54, 1.807) is 6.92 Å². The highest BCUT2D eigenvalue weighted by Crippen LogP contribution is 2.20. The molecule has 0 amide bonds. The Morgan fingerprint density at radius 2 is 2.10 bits per heavy atom. The maximum Gasteiger partial charge on any atom is 0.340 e. The average molecular weight is 295 g/mol. The monoisotopic (exact) mass is 294 g/mol. The second kappa shape index (κ2) is 6.43. The van der Waals surface area contributed by atoms with Gasteiger partial charge in [-0.05, 0) is 19.1 Å². The van der Waals surface area contributed by atoms with Gasteiger partial charge in [-0.25, -0.2) is 4.79 Å². The van der Waals surface area contributed by atoms with Crippen LogP contribution in [0.5, 0.6) is 5.75 Å². The van der Waals surface area contributed by atoms with Gasteiger partial charge >= 0.3 is 5.97 Å². The molecular weight excluding hydrogens is 280 g/mol. The first-order chi connectivity index (χ1) is 9.59. The molecule has 0 radical (unpaired) electrons. The summed E-state index contributed by atoms with van der Waals surface area (Å²) >= 11 is 6.00. The van der Waals surface area contributed by atoms with E-state index >= 15 is 0 Å². The van der Waals surface area contributed by atoms with E-state index in [2.05, 4.69) is 5.10 Å². The zero-order chi connectivity index (χ0) is 14.5. The Kier molecular flexibility index (Phi) is 4.63. The zero-order valence-corrected chi connectivity index (χ0v) is 11.8. The molecule has 0 aliphatic carbocycles. The fourth-order valence-corrected chi connectivity index (χ4v) is 2.21. The minimum atomic E-state index is -1.06. The number of ether oxygens (including phenoxy) is 1. The summed E-state index contributed by atoms with van der Waals surface area (Å²) in [6, 6.07) is 9.50. The third-order valence-electron chi connectivity index (χ3n) is 2.81. The van der Waals surface area contributed by atoms with Crippen LogP contribution < -0.4 is 4.74 Å². The molecule has 0 aliphatic rings. The summed E-state index contributed by atoms with van der Waals surface area (Å²) in [5, 5.41) is 13.3. The number of rotatable bonds is 6. The predicted molar refractivity (Wildman–Crippen MR) is 75.5 cm³/mol. The average Bonchev–Trinajstić information content (AvgIpc) is 2.71. The first-order valence-electron chi connectivity index (χ1n) is 6.23. The highest BCUT2D eigenvalue weighted by molar-refractivity contribution is 6.32.